The third-order valence-corrected chi connectivity index (χ3v) is 5.92. The molecule has 0 spiro atoms. The predicted octanol–water partition coefficient (Wildman–Crippen LogP) is 3.54. The minimum absolute atomic E-state index is 0.00535. The van der Waals surface area contributed by atoms with Crippen molar-refractivity contribution in [1.29, 1.82) is 0 Å². The molecule has 3 nitrogen and oxygen atoms in total. The van der Waals surface area contributed by atoms with Crippen molar-refractivity contribution in [2.75, 3.05) is 0 Å². The van der Waals surface area contributed by atoms with Crippen molar-refractivity contribution in [2.45, 2.75) is 38.3 Å². The first-order valence-electron chi connectivity index (χ1n) is 7.49. The van der Waals surface area contributed by atoms with E-state index in [1.54, 1.807) is 6.07 Å². The largest absolute Gasteiger partial charge is 0.349 e. The van der Waals surface area contributed by atoms with Crippen LogP contribution in [0.5, 0.6) is 0 Å². The van der Waals surface area contributed by atoms with Gasteiger partial charge >= 0.3 is 0 Å². The van der Waals surface area contributed by atoms with Gasteiger partial charge in [0.25, 0.3) is 0 Å². The van der Waals surface area contributed by atoms with Crippen LogP contribution in [-0.2, 0) is 4.79 Å². The number of fused-ring (bicyclic) bond motifs is 2. The molecule has 5 atom stereocenters. The van der Waals surface area contributed by atoms with Crippen molar-refractivity contribution in [2.24, 2.45) is 23.5 Å². The number of halogens is 2. The number of hydrogen-bond donors (Lipinski definition) is 2. The molecule has 3 N–H and O–H groups in total. The van der Waals surface area contributed by atoms with Crippen LogP contribution in [0.25, 0.3) is 0 Å². The van der Waals surface area contributed by atoms with Crippen LogP contribution in [0.2, 0.25) is 10.0 Å². The van der Waals surface area contributed by atoms with E-state index in [1.165, 1.54) is 6.42 Å². The Bertz CT molecular complexity index is 561. The average molecular weight is 327 g/mol. The zero-order chi connectivity index (χ0) is 15.1. The smallest absolute Gasteiger partial charge is 0.225 e. The van der Waals surface area contributed by atoms with E-state index in [2.05, 4.69) is 5.32 Å². The SMILES string of the molecule is C[C@H](NC(=O)[C@H]1[C@H]2CC[C@@H](C2)[C@@H]1N)c1cccc(Cl)c1Cl. The van der Waals surface area contributed by atoms with E-state index in [4.69, 9.17) is 28.9 Å². The van der Waals surface area contributed by atoms with Gasteiger partial charge in [0.15, 0.2) is 0 Å². The molecule has 1 aromatic carbocycles. The van der Waals surface area contributed by atoms with Gasteiger partial charge in [-0.25, -0.2) is 0 Å². The molecule has 0 aliphatic heterocycles. The summed E-state index contributed by atoms with van der Waals surface area (Å²) in [7, 11) is 0. The Morgan fingerprint density at radius 1 is 1.33 bits per heavy atom. The molecule has 21 heavy (non-hydrogen) atoms. The first kappa shape index (κ1) is 15.1. The number of hydrogen-bond acceptors (Lipinski definition) is 2. The fourth-order valence-corrected chi connectivity index (χ4v) is 4.44. The Morgan fingerprint density at radius 2 is 2.05 bits per heavy atom. The normalized spacial score (nSPS) is 32.2. The van der Waals surface area contributed by atoms with Crippen LogP contribution in [0.1, 0.15) is 37.8 Å². The van der Waals surface area contributed by atoms with Crippen molar-refractivity contribution < 1.29 is 4.79 Å². The summed E-state index contributed by atoms with van der Waals surface area (Å²) in [5.74, 6) is 0.977. The maximum atomic E-state index is 12.6. The third-order valence-electron chi connectivity index (χ3n) is 5.09. The summed E-state index contributed by atoms with van der Waals surface area (Å²) in [4.78, 5) is 12.6. The predicted molar refractivity (Wildman–Crippen MR) is 85.3 cm³/mol. The van der Waals surface area contributed by atoms with E-state index in [1.807, 2.05) is 19.1 Å². The van der Waals surface area contributed by atoms with Crippen LogP contribution < -0.4 is 11.1 Å². The van der Waals surface area contributed by atoms with Gasteiger partial charge in [-0.15, -0.1) is 0 Å². The Morgan fingerprint density at radius 3 is 2.71 bits per heavy atom. The molecule has 0 radical (unpaired) electrons. The van der Waals surface area contributed by atoms with E-state index in [9.17, 15) is 4.79 Å². The number of carbonyl (C=O) groups excluding carboxylic acids is 1. The molecule has 114 valence electrons. The quantitative estimate of drug-likeness (QED) is 0.892. The lowest BCUT2D eigenvalue weighted by Gasteiger charge is -2.28. The standard InChI is InChI=1S/C16H20Cl2N2O/c1-8(11-3-2-4-12(17)14(11)18)20-16(21)13-9-5-6-10(7-9)15(13)19/h2-4,8-10,13,15H,5-7,19H2,1H3,(H,20,21)/t8-,9-,10-,13-,15-/m0/s1. The highest BCUT2D eigenvalue weighted by molar-refractivity contribution is 6.42. The third kappa shape index (κ3) is 2.67. The van der Waals surface area contributed by atoms with Crippen LogP contribution in [-0.4, -0.2) is 11.9 Å². The first-order chi connectivity index (χ1) is 9.99. The molecule has 0 heterocycles. The summed E-state index contributed by atoms with van der Waals surface area (Å²) in [5, 5.41) is 4.07. The van der Waals surface area contributed by atoms with Crippen molar-refractivity contribution in [3.05, 3.63) is 33.8 Å². The van der Waals surface area contributed by atoms with Gasteiger partial charge in [-0.2, -0.15) is 0 Å². The monoisotopic (exact) mass is 326 g/mol. The zero-order valence-corrected chi connectivity index (χ0v) is 13.5. The fraction of sp³-hybridized carbons (Fsp3) is 0.562. The molecule has 0 aromatic heterocycles. The fourth-order valence-electron chi connectivity index (χ4n) is 3.97. The molecule has 2 fully saturated rings. The number of nitrogens with two attached hydrogens (primary N) is 1. The molecule has 2 aliphatic carbocycles. The van der Waals surface area contributed by atoms with Gasteiger partial charge in [0, 0.05) is 6.04 Å². The van der Waals surface area contributed by atoms with Gasteiger partial charge in [-0.3, -0.25) is 4.79 Å². The second-order valence-corrected chi connectivity index (χ2v) is 7.09. The molecule has 3 rings (SSSR count). The van der Waals surface area contributed by atoms with Crippen molar-refractivity contribution >= 4 is 29.1 Å². The molecular weight excluding hydrogens is 307 g/mol. The van der Waals surface area contributed by atoms with Gasteiger partial charge in [-0.05, 0) is 49.7 Å². The number of amides is 1. The highest BCUT2D eigenvalue weighted by atomic mass is 35.5. The van der Waals surface area contributed by atoms with Crippen LogP contribution in [0.4, 0.5) is 0 Å². The Hall–Kier alpha value is -0.770. The van der Waals surface area contributed by atoms with Crippen molar-refractivity contribution in [1.82, 2.24) is 5.32 Å². The van der Waals surface area contributed by atoms with Gasteiger partial charge in [0.2, 0.25) is 5.91 Å². The molecule has 2 bridgehead atoms. The highest BCUT2D eigenvalue weighted by Crippen LogP contribution is 2.47. The lowest BCUT2D eigenvalue weighted by molar-refractivity contribution is -0.127. The van der Waals surface area contributed by atoms with E-state index in [0.717, 1.165) is 18.4 Å². The lowest BCUT2D eigenvalue weighted by Crippen LogP contribution is -2.45. The zero-order valence-electron chi connectivity index (χ0n) is 12.0. The second kappa shape index (κ2) is 5.79. The van der Waals surface area contributed by atoms with Crippen molar-refractivity contribution in [3.63, 3.8) is 0 Å². The van der Waals surface area contributed by atoms with Crippen LogP contribution in [0.15, 0.2) is 18.2 Å². The second-order valence-electron chi connectivity index (χ2n) is 6.31. The molecule has 1 aromatic rings. The molecule has 0 saturated heterocycles. The van der Waals surface area contributed by atoms with E-state index in [0.29, 0.717) is 21.9 Å². The molecule has 2 saturated carbocycles. The summed E-state index contributed by atoms with van der Waals surface area (Å²) in [6, 6.07) is 5.31. The van der Waals surface area contributed by atoms with Crippen LogP contribution >= 0.6 is 23.2 Å². The lowest BCUT2D eigenvalue weighted by atomic mass is 9.84. The number of rotatable bonds is 3. The van der Waals surface area contributed by atoms with E-state index < -0.39 is 0 Å². The summed E-state index contributed by atoms with van der Waals surface area (Å²) in [6.45, 7) is 1.92. The Kier molecular flexibility index (Phi) is 4.17. The molecule has 2 aliphatic rings. The molecule has 0 unspecified atom stereocenters. The van der Waals surface area contributed by atoms with Gasteiger partial charge in [0.05, 0.1) is 22.0 Å². The van der Waals surface area contributed by atoms with E-state index in [-0.39, 0.29) is 23.9 Å². The Balaban J connectivity index is 1.71. The van der Waals surface area contributed by atoms with Gasteiger partial charge in [0.1, 0.15) is 0 Å². The summed E-state index contributed by atoms with van der Waals surface area (Å²) in [6.07, 6.45) is 3.40. The average Bonchev–Trinajstić information content (AvgIpc) is 3.02. The number of benzene rings is 1. The number of carbonyl (C=O) groups is 1. The van der Waals surface area contributed by atoms with Crippen LogP contribution in [0.3, 0.4) is 0 Å². The molecule has 5 heteroatoms. The van der Waals surface area contributed by atoms with Gasteiger partial charge < -0.3 is 11.1 Å². The highest BCUT2D eigenvalue weighted by Gasteiger charge is 2.49. The first-order valence-corrected chi connectivity index (χ1v) is 8.24. The molecular formula is C16H20Cl2N2O. The summed E-state index contributed by atoms with van der Waals surface area (Å²) in [5.41, 5.74) is 7.07. The Labute approximate surface area is 135 Å². The molecule has 1 amide bonds. The minimum atomic E-state index is -0.171. The van der Waals surface area contributed by atoms with Crippen molar-refractivity contribution in [3.8, 4) is 0 Å². The minimum Gasteiger partial charge on any atom is -0.349 e. The van der Waals surface area contributed by atoms with Crippen LogP contribution in [0, 0.1) is 17.8 Å². The topological polar surface area (TPSA) is 55.1 Å². The summed E-state index contributed by atoms with van der Waals surface area (Å²) >= 11 is 12.2. The maximum absolute atomic E-state index is 12.6. The summed E-state index contributed by atoms with van der Waals surface area (Å²) < 4.78 is 0. The number of nitrogens with one attached hydrogen (secondary N) is 1. The van der Waals surface area contributed by atoms with Gasteiger partial charge in [-0.1, -0.05) is 35.3 Å². The van der Waals surface area contributed by atoms with E-state index >= 15 is 0 Å². The maximum Gasteiger partial charge on any atom is 0.225 e.